The number of aryl methyl sites for hydroxylation is 1. The normalized spacial score (nSPS) is 12.3. The summed E-state index contributed by atoms with van der Waals surface area (Å²) in [7, 11) is -9.94. The molecule has 0 amide bonds. The second kappa shape index (κ2) is 11.2. The van der Waals surface area contributed by atoms with Gasteiger partial charge in [-0.05, 0) is 55.5 Å². The van der Waals surface area contributed by atoms with E-state index in [9.17, 15) is 50.8 Å². The monoisotopic (exact) mass is 629 g/mol. The smallest absolute Gasteiger partial charge is 0.338 e. The van der Waals surface area contributed by atoms with Crippen LogP contribution in [0.5, 0.6) is 5.75 Å². The number of phenolic OH excluding ortho intramolecular Hbond substituents is 1. The summed E-state index contributed by atoms with van der Waals surface area (Å²) >= 11 is 0. The molecule has 0 bridgehead atoms. The van der Waals surface area contributed by atoms with Gasteiger partial charge in [-0.1, -0.05) is 11.6 Å². The van der Waals surface area contributed by atoms with Crippen LogP contribution < -0.4 is 5.73 Å². The summed E-state index contributed by atoms with van der Waals surface area (Å²) in [4.78, 5) is 21.5. The second-order valence-corrected chi connectivity index (χ2v) is 11.6. The number of carbonyl (C=O) groups is 2. The summed E-state index contributed by atoms with van der Waals surface area (Å²) in [6.07, 6.45) is 0. The molecular weight excluding hydrogens is 610 g/mol. The SMILES string of the molecule is Cc1ccc(N=Nc2c(N)ccc3c(O)c(N=Nc4ccc(S(=O)(=O)O)cc4C(=O)O)c(S(=O)(=O)O)cc23)c(C(=O)O)c1. The van der Waals surface area contributed by atoms with E-state index in [-0.39, 0.29) is 33.4 Å². The van der Waals surface area contributed by atoms with Crippen molar-refractivity contribution >= 4 is 71.4 Å². The van der Waals surface area contributed by atoms with Gasteiger partial charge >= 0.3 is 11.9 Å². The molecule has 0 spiro atoms. The summed E-state index contributed by atoms with van der Waals surface area (Å²) < 4.78 is 66.6. The Bertz CT molecular complexity index is 2130. The van der Waals surface area contributed by atoms with Gasteiger partial charge in [-0.2, -0.15) is 16.8 Å². The summed E-state index contributed by atoms with van der Waals surface area (Å²) in [5.74, 6) is -3.83. The molecule has 0 radical (unpaired) electrons. The molecule has 0 unspecified atom stereocenters. The zero-order valence-corrected chi connectivity index (χ0v) is 23.2. The fraction of sp³-hybridized carbons (Fsp3) is 0.0400. The van der Waals surface area contributed by atoms with E-state index in [0.717, 1.165) is 18.2 Å². The number of aromatic carboxylic acids is 2. The summed E-state index contributed by atoms with van der Waals surface area (Å²) in [5, 5.41) is 44.8. The summed E-state index contributed by atoms with van der Waals surface area (Å²) in [6, 6.07) is 9.94. The lowest BCUT2D eigenvalue weighted by Crippen LogP contribution is -2.03. The van der Waals surface area contributed by atoms with Gasteiger partial charge in [0.15, 0.2) is 5.75 Å². The van der Waals surface area contributed by atoms with E-state index in [1.54, 1.807) is 13.0 Å². The van der Waals surface area contributed by atoms with Crippen LogP contribution in [0.4, 0.5) is 28.4 Å². The van der Waals surface area contributed by atoms with Crippen LogP contribution >= 0.6 is 0 Å². The van der Waals surface area contributed by atoms with E-state index in [4.69, 9.17) is 5.73 Å². The van der Waals surface area contributed by atoms with Gasteiger partial charge in [-0.3, -0.25) is 9.11 Å². The lowest BCUT2D eigenvalue weighted by Gasteiger charge is -2.12. The first kappa shape index (κ1) is 30.7. The molecule has 7 N–H and O–H groups in total. The van der Waals surface area contributed by atoms with Crippen LogP contribution in [0.25, 0.3) is 10.8 Å². The minimum atomic E-state index is -5.16. The van der Waals surface area contributed by atoms with Crippen molar-refractivity contribution in [3.63, 3.8) is 0 Å². The van der Waals surface area contributed by atoms with Crippen LogP contribution in [0.15, 0.2) is 84.8 Å². The molecule has 0 aromatic heterocycles. The average Bonchev–Trinajstić information content (AvgIpc) is 2.91. The number of phenols is 1. The number of carboxylic acids is 2. The number of carboxylic acid groups (broad SMARTS) is 2. The molecule has 0 saturated heterocycles. The Morgan fingerprint density at radius 1 is 0.698 bits per heavy atom. The molecule has 0 aliphatic rings. The molecule has 0 atom stereocenters. The van der Waals surface area contributed by atoms with Crippen molar-refractivity contribution in [2.45, 2.75) is 16.7 Å². The molecule has 4 aromatic carbocycles. The van der Waals surface area contributed by atoms with Gasteiger partial charge in [0.05, 0.1) is 21.7 Å². The van der Waals surface area contributed by atoms with E-state index in [1.165, 1.54) is 24.3 Å². The summed E-state index contributed by atoms with van der Waals surface area (Å²) in [6.45, 7) is 1.67. The molecule has 0 saturated carbocycles. The van der Waals surface area contributed by atoms with Crippen LogP contribution in [-0.2, 0) is 20.2 Å². The molecular formula is C25H19N5O11S2. The third kappa shape index (κ3) is 6.31. The van der Waals surface area contributed by atoms with Crippen molar-refractivity contribution < 1.29 is 50.8 Å². The molecule has 222 valence electrons. The summed E-state index contributed by atoms with van der Waals surface area (Å²) in [5.41, 5.74) is 4.06. The Hall–Kier alpha value is -5.30. The fourth-order valence-electron chi connectivity index (χ4n) is 3.88. The molecule has 16 nitrogen and oxygen atoms in total. The highest BCUT2D eigenvalue weighted by molar-refractivity contribution is 7.86. The quantitative estimate of drug-likeness (QED) is 0.0837. The Balaban J connectivity index is 1.93. The molecule has 0 aliphatic carbocycles. The molecule has 0 fully saturated rings. The highest BCUT2D eigenvalue weighted by Crippen LogP contribution is 2.46. The highest BCUT2D eigenvalue weighted by Gasteiger charge is 2.25. The maximum absolute atomic E-state index is 12.3. The standard InChI is InChI=1S/C25H19N5O11S2/c1-11-2-6-18(15(8-11)24(32)33)27-29-21-14-10-20(43(39,40)41)22(23(31)13(14)4-5-17(21)26)30-28-19-7-3-12(42(36,37)38)9-16(19)25(34)35/h2-10,31H,26H2,1H3,(H,32,33)(H,34,35)(H,36,37,38)(H,39,40,41). The minimum Gasteiger partial charge on any atom is -0.505 e. The number of hydrogen-bond acceptors (Lipinski definition) is 12. The number of rotatable bonds is 8. The number of nitrogen functional groups attached to an aromatic ring is 1. The zero-order chi connectivity index (χ0) is 31.9. The predicted molar refractivity (Wildman–Crippen MR) is 150 cm³/mol. The maximum atomic E-state index is 12.3. The molecule has 0 heterocycles. The molecule has 4 aromatic rings. The minimum absolute atomic E-state index is 0.0617. The third-order valence-electron chi connectivity index (χ3n) is 5.91. The molecule has 43 heavy (non-hydrogen) atoms. The maximum Gasteiger partial charge on any atom is 0.338 e. The van der Waals surface area contributed by atoms with Crippen LogP contribution in [0.2, 0.25) is 0 Å². The van der Waals surface area contributed by atoms with E-state index in [2.05, 4.69) is 20.5 Å². The fourth-order valence-corrected chi connectivity index (χ4v) is 5.03. The largest absolute Gasteiger partial charge is 0.505 e. The number of aromatic hydroxyl groups is 1. The Labute approximate surface area is 242 Å². The van der Waals surface area contributed by atoms with Gasteiger partial charge < -0.3 is 21.1 Å². The number of benzene rings is 4. The number of fused-ring (bicyclic) bond motifs is 1. The van der Waals surface area contributed by atoms with E-state index in [0.29, 0.717) is 11.6 Å². The molecule has 18 heteroatoms. The first-order valence-electron chi connectivity index (χ1n) is 11.6. The van der Waals surface area contributed by atoms with Crippen molar-refractivity contribution in [1.29, 1.82) is 0 Å². The van der Waals surface area contributed by atoms with Crippen LogP contribution in [0.3, 0.4) is 0 Å². The number of hydrogen-bond donors (Lipinski definition) is 6. The van der Waals surface area contributed by atoms with Crippen LogP contribution in [0.1, 0.15) is 26.3 Å². The van der Waals surface area contributed by atoms with Gasteiger partial charge in [0.2, 0.25) is 0 Å². The van der Waals surface area contributed by atoms with E-state index < -0.39 is 64.7 Å². The lowest BCUT2D eigenvalue weighted by atomic mass is 10.1. The predicted octanol–water partition coefficient (Wildman–Crippen LogP) is 5.16. The van der Waals surface area contributed by atoms with Crippen molar-refractivity contribution in [2.24, 2.45) is 20.5 Å². The number of azo groups is 2. The number of anilines is 1. The Morgan fingerprint density at radius 3 is 1.81 bits per heavy atom. The Morgan fingerprint density at radius 2 is 1.26 bits per heavy atom. The van der Waals surface area contributed by atoms with E-state index >= 15 is 0 Å². The molecule has 4 rings (SSSR count). The second-order valence-electron chi connectivity index (χ2n) is 8.83. The molecule has 0 aliphatic heterocycles. The van der Waals surface area contributed by atoms with Crippen LogP contribution in [0, 0.1) is 6.92 Å². The lowest BCUT2D eigenvalue weighted by molar-refractivity contribution is 0.0686. The van der Waals surface area contributed by atoms with Gasteiger partial charge in [0.1, 0.15) is 27.6 Å². The van der Waals surface area contributed by atoms with Gasteiger partial charge in [0.25, 0.3) is 20.2 Å². The van der Waals surface area contributed by atoms with Crippen molar-refractivity contribution in [3.8, 4) is 5.75 Å². The highest BCUT2D eigenvalue weighted by atomic mass is 32.2. The average molecular weight is 630 g/mol. The van der Waals surface area contributed by atoms with E-state index in [1.807, 2.05) is 0 Å². The van der Waals surface area contributed by atoms with Crippen LogP contribution in [-0.4, -0.2) is 53.2 Å². The van der Waals surface area contributed by atoms with Gasteiger partial charge in [-0.25, -0.2) is 9.59 Å². The first-order chi connectivity index (χ1) is 20.0. The number of nitrogens with zero attached hydrogens (tertiary/aromatic N) is 4. The first-order valence-corrected chi connectivity index (χ1v) is 14.4. The van der Waals surface area contributed by atoms with Crippen molar-refractivity contribution in [1.82, 2.24) is 0 Å². The topological polar surface area (TPSA) is 279 Å². The number of nitrogens with two attached hydrogens (primary N) is 1. The zero-order valence-electron chi connectivity index (χ0n) is 21.6. The van der Waals surface area contributed by atoms with Gasteiger partial charge in [-0.15, -0.1) is 20.5 Å². The Kier molecular flexibility index (Phi) is 7.97. The third-order valence-corrected chi connectivity index (χ3v) is 7.63. The van der Waals surface area contributed by atoms with Gasteiger partial charge in [0, 0.05) is 10.8 Å². The van der Waals surface area contributed by atoms with Crippen molar-refractivity contribution in [2.75, 3.05) is 5.73 Å². The van der Waals surface area contributed by atoms with Crippen molar-refractivity contribution in [3.05, 3.63) is 71.3 Å².